The summed E-state index contributed by atoms with van der Waals surface area (Å²) < 4.78 is 32.0. The van der Waals surface area contributed by atoms with Gasteiger partial charge in [-0.1, -0.05) is 15.9 Å². The summed E-state index contributed by atoms with van der Waals surface area (Å²) in [5.74, 6) is 0.940. The van der Waals surface area contributed by atoms with E-state index in [4.69, 9.17) is 0 Å². The van der Waals surface area contributed by atoms with Gasteiger partial charge in [-0.05, 0) is 56.3 Å². The second kappa shape index (κ2) is 6.28. The Morgan fingerprint density at radius 3 is 2.39 bits per heavy atom. The Morgan fingerprint density at radius 1 is 1.09 bits per heavy atom. The smallest absolute Gasteiger partial charge is 0.387 e. The van der Waals surface area contributed by atoms with Gasteiger partial charge in [-0.2, -0.15) is 8.78 Å². The van der Waals surface area contributed by atoms with E-state index in [2.05, 4.69) is 44.1 Å². The van der Waals surface area contributed by atoms with Crippen LogP contribution in [0.5, 0.6) is 5.75 Å². The van der Waals surface area contributed by atoms with Gasteiger partial charge in [0.25, 0.3) is 0 Å². The fourth-order valence-corrected chi connectivity index (χ4v) is 2.93. The molecule has 0 atom stereocenters. The molecule has 23 heavy (non-hydrogen) atoms. The van der Waals surface area contributed by atoms with E-state index in [0.29, 0.717) is 0 Å². The van der Waals surface area contributed by atoms with E-state index in [1.165, 1.54) is 12.1 Å². The van der Waals surface area contributed by atoms with Crippen LogP contribution in [-0.4, -0.2) is 16.2 Å². The third-order valence-electron chi connectivity index (χ3n) is 3.51. The zero-order chi connectivity index (χ0) is 16.6. The van der Waals surface area contributed by atoms with E-state index in [-0.39, 0.29) is 11.8 Å². The summed E-state index contributed by atoms with van der Waals surface area (Å²) in [5.41, 5.74) is 2.77. The molecule has 0 saturated carbocycles. The van der Waals surface area contributed by atoms with E-state index in [1.54, 1.807) is 12.1 Å². The molecule has 0 spiro atoms. The molecule has 3 nitrogen and oxygen atoms in total. The van der Waals surface area contributed by atoms with Crippen LogP contribution in [0.4, 0.5) is 8.78 Å². The van der Waals surface area contributed by atoms with Crippen LogP contribution in [0.25, 0.3) is 22.4 Å². The molecule has 1 heterocycles. The number of rotatable bonds is 4. The van der Waals surface area contributed by atoms with Gasteiger partial charge in [0.2, 0.25) is 0 Å². The lowest BCUT2D eigenvalue weighted by molar-refractivity contribution is -0.0498. The van der Waals surface area contributed by atoms with Crippen molar-refractivity contribution in [1.82, 2.24) is 9.55 Å². The topological polar surface area (TPSA) is 27.1 Å². The first-order chi connectivity index (χ1) is 11.0. The number of aromatic nitrogens is 2. The monoisotopic (exact) mass is 380 g/mol. The van der Waals surface area contributed by atoms with E-state index in [9.17, 15) is 8.78 Å². The van der Waals surface area contributed by atoms with Crippen molar-refractivity contribution in [2.45, 2.75) is 26.5 Å². The highest BCUT2D eigenvalue weighted by Gasteiger charge is 2.15. The molecule has 0 bridgehead atoms. The molecular weight excluding hydrogens is 366 g/mol. The van der Waals surface area contributed by atoms with Gasteiger partial charge in [0.05, 0.1) is 11.0 Å². The first kappa shape index (κ1) is 15.9. The fraction of sp³-hybridized carbons (Fsp3) is 0.235. The van der Waals surface area contributed by atoms with Crippen LogP contribution >= 0.6 is 15.9 Å². The highest BCUT2D eigenvalue weighted by molar-refractivity contribution is 9.10. The normalized spacial score (nSPS) is 11.6. The molecule has 120 valence electrons. The summed E-state index contributed by atoms with van der Waals surface area (Å²) in [7, 11) is 0. The SMILES string of the molecule is CC(C)n1c(-c2ccc(OC(F)F)cc2)nc2ccc(Br)cc21. The van der Waals surface area contributed by atoms with Gasteiger partial charge in [-0.15, -0.1) is 0 Å². The first-order valence-corrected chi connectivity index (χ1v) is 7.97. The minimum atomic E-state index is -2.82. The Kier molecular flexibility index (Phi) is 4.35. The van der Waals surface area contributed by atoms with Gasteiger partial charge in [-0.3, -0.25) is 0 Å². The van der Waals surface area contributed by atoms with E-state index in [1.807, 2.05) is 18.2 Å². The molecule has 0 aliphatic heterocycles. The molecule has 0 fully saturated rings. The van der Waals surface area contributed by atoms with Gasteiger partial charge in [0, 0.05) is 16.1 Å². The second-order valence-corrected chi connectivity index (χ2v) is 6.35. The molecule has 3 rings (SSSR count). The predicted octanol–water partition coefficient (Wildman–Crippen LogP) is 5.65. The van der Waals surface area contributed by atoms with Gasteiger partial charge >= 0.3 is 6.61 Å². The van der Waals surface area contributed by atoms with Crippen LogP contribution in [-0.2, 0) is 0 Å². The highest BCUT2D eigenvalue weighted by Crippen LogP contribution is 2.31. The lowest BCUT2D eigenvalue weighted by Gasteiger charge is -2.13. The summed E-state index contributed by atoms with van der Waals surface area (Å²) in [6.45, 7) is 1.35. The van der Waals surface area contributed by atoms with Gasteiger partial charge < -0.3 is 9.30 Å². The van der Waals surface area contributed by atoms with E-state index in [0.717, 1.165) is 26.9 Å². The largest absolute Gasteiger partial charge is 0.435 e. The van der Waals surface area contributed by atoms with Gasteiger partial charge in [0.15, 0.2) is 0 Å². The maximum Gasteiger partial charge on any atom is 0.387 e. The number of hydrogen-bond acceptors (Lipinski definition) is 2. The third-order valence-corrected chi connectivity index (χ3v) is 4.00. The number of halogens is 3. The summed E-state index contributed by atoms with van der Waals surface area (Å²) >= 11 is 3.48. The molecule has 0 N–H and O–H groups in total. The summed E-state index contributed by atoms with van der Waals surface area (Å²) in [6.07, 6.45) is 0. The van der Waals surface area contributed by atoms with Crippen LogP contribution in [0.3, 0.4) is 0 Å². The lowest BCUT2D eigenvalue weighted by atomic mass is 10.2. The number of imidazole rings is 1. The van der Waals surface area contributed by atoms with Crippen molar-refractivity contribution in [3.8, 4) is 17.1 Å². The molecule has 3 aromatic rings. The molecule has 0 unspecified atom stereocenters. The van der Waals surface area contributed by atoms with Crippen LogP contribution < -0.4 is 4.74 Å². The van der Waals surface area contributed by atoms with Crippen molar-refractivity contribution in [3.05, 3.63) is 46.9 Å². The van der Waals surface area contributed by atoms with E-state index < -0.39 is 6.61 Å². The summed E-state index contributed by atoms with van der Waals surface area (Å²) in [6, 6.07) is 12.7. The standard InChI is InChI=1S/C17H15BrF2N2O/c1-10(2)22-15-9-12(18)5-8-14(15)21-16(22)11-3-6-13(7-4-11)23-17(19)20/h3-10,17H,1-2H3. The van der Waals surface area contributed by atoms with Crippen LogP contribution in [0.15, 0.2) is 46.9 Å². The molecule has 0 aliphatic carbocycles. The minimum absolute atomic E-state index is 0.138. The van der Waals surface area contributed by atoms with Crippen molar-refractivity contribution < 1.29 is 13.5 Å². The number of nitrogens with zero attached hydrogens (tertiary/aromatic N) is 2. The molecular formula is C17H15BrF2N2O. The molecule has 1 aromatic heterocycles. The van der Waals surface area contributed by atoms with E-state index >= 15 is 0 Å². The number of alkyl halides is 2. The number of ether oxygens (including phenoxy) is 1. The first-order valence-electron chi connectivity index (χ1n) is 7.18. The molecule has 0 saturated heterocycles. The average Bonchev–Trinajstić information content (AvgIpc) is 2.86. The maximum absolute atomic E-state index is 12.2. The van der Waals surface area contributed by atoms with Crippen LogP contribution in [0.1, 0.15) is 19.9 Å². The second-order valence-electron chi connectivity index (χ2n) is 5.44. The third kappa shape index (κ3) is 3.22. The lowest BCUT2D eigenvalue weighted by Crippen LogP contribution is -2.04. The quantitative estimate of drug-likeness (QED) is 0.584. The molecule has 6 heteroatoms. The Bertz CT molecular complexity index is 828. The van der Waals surface area contributed by atoms with Crippen molar-refractivity contribution in [3.63, 3.8) is 0 Å². The Labute approximate surface area is 141 Å². The van der Waals surface area contributed by atoms with Crippen LogP contribution in [0, 0.1) is 0 Å². The Hall–Kier alpha value is -1.95. The number of fused-ring (bicyclic) bond motifs is 1. The van der Waals surface area contributed by atoms with Crippen molar-refractivity contribution in [2.75, 3.05) is 0 Å². The van der Waals surface area contributed by atoms with Crippen LogP contribution in [0.2, 0.25) is 0 Å². The van der Waals surface area contributed by atoms with Gasteiger partial charge in [0.1, 0.15) is 11.6 Å². The summed E-state index contributed by atoms with van der Waals surface area (Å²) in [5, 5.41) is 0. The maximum atomic E-state index is 12.2. The number of hydrogen-bond donors (Lipinski definition) is 0. The molecule has 0 radical (unpaired) electrons. The zero-order valence-corrected chi connectivity index (χ0v) is 14.2. The molecule has 0 aliphatic rings. The minimum Gasteiger partial charge on any atom is -0.435 e. The Morgan fingerprint density at radius 2 is 1.78 bits per heavy atom. The number of benzene rings is 2. The highest BCUT2D eigenvalue weighted by atomic mass is 79.9. The van der Waals surface area contributed by atoms with Crippen molar-refractivity contribution in [1.29, 1.82) is 0 Å². The molecule has 2 aromatic carbocycles. The zero-order valence-electron chi connectivity index (χ0n) is 12.6. The van der Waals surface area contributed by atoms with Gasteiger partial charge in [-0.25, -0.2) is 4.98 Å². The molecule has 0 amide bonds. The predicted molar refractivity (Wildman–Crippen MR) is 89.9 cm³/mol. The Balaban J connectivity index is 2.10. The van der Waals surface area contributed by atoms with Crippen molar-refractivity contribution in [2.24, 2.45) is 0 Å². The summed E-state index contributed by atoms with van der Waals surface area (Å²) in [4.78, 5) is 4.69. The fourth-order valence-electron chi connectivity index (χ4n) is 2.58. The van der Waals surface area contributed by atoms with Crippen molar-refractivity contribution >= 4 is 27.0 Å². The average molecular weight is 381 g/mol.